The molecule has 0 spiro atoms. The quantitative estimate of drug-likeness (QED) is 0.784. The summed E-state index contributed by atoms with van der Waals surface area (Å²) in [4.78, 5) is 0.214. The maximum atomic E-state index is 12.2. The summed E-state index contributed by atoms with van der Waals surface area (Å²) in [6, 6.07) is 6.20. The van der Waals surface area contributed by atoms with E-state index in [0.29, 0.717) is 12.3 Å². The SMILES string of the molecule is COc1ccc(S(=O)(=O)C2CNCC2O)cc1. The molecule has 0 aromatic heterocycles. The van der Waals surface area contributed by atoms with E-state index in [0.717, 1.165) is 0 Å². The Kier molecular flexibility index (Phi) is 3.37. The molecule has 6 heteroatoms. The van der Waals surface area contributed by atoms with Crippen LogP contribution in [-0.4, -0.2) is 45.1 Å². The number of sulfone groups is 1. The molecule has 0 radical (unpaired) electrons. The number of hydrogen-bond acceptors (Lipinski definition) is 5. The molecule has 1 aromatic rings. The standard InChI is InChI=1S/C11H15NO4S/c1-16-8-2-4-9(5-3-8)17(14,15)11-7-12-6-10(11)13/h2-5,10-13H,6-7H2,1H3. The van der Waals surface area contributed by atoms with Gasteiger partial charge in [-0.15, -0.1) is 0 Å². The maximum Gasteiger partial charge on any atom is 0.185 e. The van der Waals surface area contributed by atoms with Gasteiger partial charge in [-0.3, -0.25) is 0 Å². The number of aliphatic hydroxyl groups is 1. The predicted octanol–water partition coefficient (Wildman–Crippen LogP) is -0.198. The van der Waals surface area contributed by atoms with Gasteiger partial charge in [0.2, 0.25) is 0 Å². The van der Waals surface area contributed by atoms with Gasteiger partial charge in [0.25, 0.3) is 0 Å². The van der Waals surface area contributed by atoms with E-state index in [4.69, 9.17) is 4.74 Å². The third kappa shape index (κ3) is 2.29. The van der Waals surface area contributed by atoms with Gasteiger partial charge in [0.15, 0.2) is 9.84 Å². The molecular weight excluding hydrogens is 242 g/mol. The summed E-state index contributed by atoms with van der Waals surface area (Å²) < 4.78 is 29.4. The van der Waals surface area contributed by atoms with E-state index in [1.807, 2.05) is 0 Å². The van der Waals surface area contributed by atoms with Gasteiger partial charge in [0.1, 0.15) is 11.0 Å². The summed E-state index contributed by atoms with van der Waals surface area (Å²) in [6.07, 6.45) is -0.845. The highest BCUT2D eigenvalue weighted by Gasteiger charge is 2.37. The van der Waals surface area contributed by atoms with E-state index < -0.39 is 21.2 Å². The molecule has 5 nitrogen and oxygen atoms in total. The van der Waals surface area contributed by atoms with Crippen LogP contribution in [0.5, 0.6) is 5.75 Å². The number of rotatable bonds is 3. The molecule has 0 saturated carbocycles. The average Bonchev–Trinajstić information content (AvgIpc) is 2.76. The van der Waals surface area contributed by atoms with Crippen molar-refractivity contribution in [3.63, 3.8) is 0 Å². The Bertz CT molecular complexity index is 483. The maximum absolute atomic E-state index is 12.2. The van der Waals surface area contributed by atoms with Crippen LogP contribution in [0.25, 0.3) is 0 Å². The van der Waals surface area contributed by atoms with Crippen LogP contribution in [-0.2, 0) is 9.84 Å². The number of benzene rings is 1. The highest BCUT2D eigenvalue weighted by Crippen LogP contribution is 2.22. The number of hydrogen-bond donors (Lipinski definition) is 2. The van der Waals surface area contributed by atoms with Gasteiger partial charge >= 0.3 is 0 Å². The molecule has 1 saturated heterocycles. The number of β-amino-alcohol motifs (C(OH)–C–C–N with tert-alkyl or cyclic N) is 1. The minimum absolute atomic E-state index is 0.214. The van der Waals surface area contributed by atoms with Gasteiger partial charge in [-0.1, -0.05) is 0 Å². The number of nitrogens with one attached hydrogen (secondary N) is 1. The number of aliphatic hydroxyl groups excluding tert-OH is 1. The minimum atomic E-state index is -3.48. The normalized spacial score (nSPS) is 24.8. The summed E-state index contributed by atoms with van der Waals surface area (Å²) in [7, 11) is -1.96. The third-order valence-electron chi connectivity index (χ3n) is 2.91. The van der Waals surface area contributed by atoms with Crippen molar-refractivity contribution >= 4 is 9.84 Å². The number of methoxy groups -OCH3 is 1. The van der Waals surface area contributed by atoms with E-state index in [9.17, 15) is 13.5 Å². The Labute approximate surface area is 100 Å². The molecule has 17 heavy (non-hydrogen) atoms. The van der Waals surface area contributed by atoms with Gasteiger partial charge in [-0.25, -0.2) is 8.42 Å². The Morgan fingerprint density at radius 1 is 1.29 bits per heavy atom. The van der Waals surface area contributed by atoms with Gasteiger partial charge in [0.05, 0.1) is 18.1 Å². The highest BCUT2D eigenvalue weighted by atomic mass is 32.2. The first-order chi connectivity index (χ1) is 8.05. The lowest BCUT2D eigenvalue weighted by Gasteiger charge is -2.14. The Morgan fingerprint density at radius 2 is 1.94 bits per heavy atom. The summed E-state index contributed by atoms with van der Waals surface area (Å²) in [6.45, 7) is 0.607. The van der Waals surface area contributed by atoms with Crippen LogP contribution in [0.3, 0.4) is 0 Å². The largest absolute Gasteiger partial charge is 0.497 e. The van der Waals surface area contributed by atoms with Gasteiger partial charge in [-0.2, -0.15) is 0 Å². The topological polar surface area (TPSA) is 75.6 Å². The Morgan fingerprint density at radius 3 is 2.41 bits per heavy atom. The summed E-state index contributed by atoms with van der Waals surface area (Å²) in [5.74, 6) is 0.606. The van der Waals surface area contributed by atoms with Crippen LogP contribution in [0.15, 0.2) is 29.2 Å². The molecule has 0 bridgehead atoms. The summed E-state index contributed by atoms with van der Waals surface area (Å²) in [5.41, 5.74) is 0. The van der Waals surface area contributed by atoms with Gasteiger partial charge in [-0.05, 0) is 24.3 Å². The summed E-state index contributed by atoms with van der Waals surface area (Å²) >= 11 is 0. The molecule has 1 aliphatic rings. The molecule has 94 valence electrons. The highest BCUT2D eigenvalue weighted by molar-refractivity contribution is 7.92. The van der Waals surface area contributed by atoms with Crippen LogP contribution in [0.2, 0.25) is 0 Å². The lowest BCUT2D eigenvalue weighted by molar-refractivity contribution is 0.198. The smallest absolute Gasteiger partial charge is 0.185 e. The van der Waals surface area contributed by atoms with Crippen molar-refractivity contribution in [2.24, 2.45) is 0 Å². The van der Waals surface area contributed by atoms with Gasteiger partial charge in [0, 0.05) is 13.1 Å². The van der Waals surface area contributed by atoms with Crippen molar-refractivity contribution in [3.8, 4) is 5.75 Å². The third-order valence-corrected chi connectivity index (χ3v) is 5.12. The number of ether oxygens (including phenoxy) is 1. The first kappa shape index (κ1) is 12.3. The van der Waals surface area contributed by atoms with Crippen LogP contribution >= 0.6 is 0 Å². The minimum Gasteiger partial charge on any atom is -0.497 e. The second-order valence-electron chi connectivity index (χ2n) is 3.98. The monoisotopic (exact) mass is 257 g/mol. The van der Waals surface area contributed by atoms with Crippen molar-refractivity contribution in [2.45, 2.75) is 16.2 Å². The molecular formula is C11H15NO4S. The predicted molar refractivity (Wildman–Crippen MR) is 62.8 cm³/mol. The van der Waals surface area contributed by atoms with E-state index in [1.165, 1.54) is 19.2 Å². The molecule has 1 aliphatic heterocycles. The fraction of sp³-hybridized carbons (Fsp3) is 0.455. The molecule has 2 atom stereocenters. The molecule has 2 N–H and O–H groups in total. The van der Waals surface area contributed by atoms with E-state index in [2.05, 4.69) is 5.32 Å². The molecule has 2 rings (SSSR count). The van der Waals surface area contributed by atoms with E-state index >= 15 is 0 Å². The first-order valence-corrected chi connectivity index (χ1v) is 6.87. The van der Waals surface area contributed by atoms with Crippen molar-refractivity contribution in [1.82, 2.24) is 5.32 Å². The molecule has 1 heterocycles. The van der Waals surface area contributed by atoms with Crippen molar-refractivity contribution < 1.29 is 18.3 Å². The van der Waals surface area contributed by atoms with Crippen molar-refractivity contribution in [2.75, 3.05) is 20.2 Å². The average molecular weight is 257 g/mol. The molecule has 1 aromatic carbocycles. The van der Waals surface area contributed by atoms with Crippen molar-refractivity contribution in [3.05, 3.63) is 24.3 Å². The van der Waals surface area contributed by atoms with Gasteiger partial charge < -0.3 is 15.2 Å². The lowest BCUT2D eigenvalue weighted by Crippen LogP contribution is -2.32. The van der Waals surface area contributed by atoms with Crippen LogP contribution in [0.4, 0.5) is 0 Å². The molecule has 0 amide bonds. The summed E-state index contributed by atoms with van der Waals surface area (Å²) in [5, 5.41) is 11.7. The molecule has 2 unspecified atom stereocenters. The first-order valence-electron chi connectivity index (χ1n) is 5.32. The van der Waals surface area contributed by atoms with Crippen molar-refractivity contribution in [1.29, 1.82) is 0 Å². The Balaban J connectivity index is 2.31. The fourth-order valence-corrected chi connectivity index (χ4v) is 3.61. The second-order valence-corrected chi connectivity index (χ2v) is 6.15. The Hall–Kier alpha value is -1.11. The van der Waals surface area contributed by atoms with Crippen LogP contribution in [0, 0.1) is 0 Å². The lowest BCUT2D eigenvalue weighted by atomic mass is 10.3. The molecule has 1 fully saturated rings. The van der Waals surface area contributed by atoms with Crippen LogP contribution < -0.4 is 10.1 Å². The zero-order valence-electron chi connectivity index (χ0n) is 9.46. The second kappa shape index (κ2) is 4.64. The van der Waals surface area contributed by atoms with E-state index in [-0.39, 0.29) is 11.4 Å². The fourth-order valence-electron chi connectivity index (χ4n) is 1.90. The zero-order chi connectivity index (χ0) is 12.5. The zero-order valence-corrected chi connectivity index (χ0v) is 10.3. The van der Waals surface area contributed by atoms with E-state index in [1.54, 1.807) is 12.1 Å². The van der Waals surface area contributed by atoms with Crippen LogP contribution in [0.1, 0.15) is 0 Å². The molecule has 0 aliphatic carbocycles.